The minimum absolute atomic E-state index is 0.00623. The lowest BCUT2D eigenvalue weighted by Gasteiger charge is -2.31. The third-order valence-electron chi connectivity index (χ3n) is 3.40. The molecule has 1 aliphatic heterocycles. The Morgan fingerprint density at radius 1 is 1.24 bits per heavy atom. The molecule has 1 heterocycles. The third-order valence-corrected chi connectivity index (χ3v) is 5.30. The van der Waals surface area contributed by atoms with E-state index in [4.69, 9.17) is 5.11 Å². The van der Waals surface area contributed by atoms with Crippen molar-refractivity contribution < 1.29 is 13.5 Å². The van der Waals surface area contributed by atoms with Crippen molar-refractivity contribution >= 4 is 10.0 Å². The minimum atomic E-state index is -3.45. The summed E-state index contributed by atoms with van der Waals surface area (Å²) >= 11 is 0. The first kappa shape index (κ1) is 16.0. The molecule has 1 N–H and O–H groups in total. The van der Waals surface area contributed by atoms with E-state index >= 15 is 0 Å². The van der Waals surface area contributed by atoms with Crippen molar-refractivity contribution in [2.75, 3.05) is 39.8 Å². The van der Waals surface area contributed by atoms with Crippen molar-refractivity contribution in [3.63, 3.8) is 0 Å². The first-order valence-corrected chi connectivity index (χ1v) is 8.36. The molecule has 21 heavy (non-hydrogen) atoms. The van der Waals surface area contributed by atoms with Crippen LogP contribution in [0.5, 0.6) is 0 Å². The number of hydrogen-bond donors (Lipinski definition) is 1. The average molecular weight is 308 g/mol. The second kappa shape index (κ2) is 7.05. The van der Waals surface area contributed by atoms with E-state index in [0.717, 1.165) is 13.1 Å². The molecule has 1 aromatic carbocycles. The van der Waals surface area contributed by atoms with E-state index in [1.54, 1.807) is 24.3 Å². The predicted molar refractivity (Wildman–Crippen MR) is 81.3 cm³/mol. The summed E-state index contributed by atoms with van der Waals surface area (Å²) in [5.74, 6) is 5.67. The van der Waals surface area contributed by atoms with Crippen LogP contribution in [0.15, 0.2) is 29.2 Å². The van der Waals surface area contributed by atoms with Crippen LogP contribution in [0.3, 0.4) is 0 Å². The standard InChI is InChI=1S/C15H20N2O3S/c1-16-8-10-17(11-9-16)21(19,20)15-7-4-6-14(13-15)5-2-3-12-18/h4,6-7,13,18H,3,8-12H2,1H3. The molecule has 1 fully saturated rings. The Bertz CT molecular complexity index is 638. The second-order valence-electron chi connectivity index (χ2n) is 5.01. The van der Waals surface area contributed by atoms with Crippen LogP contribution in [0, 0.1) is 11.8 Å². The molecule has 0 unspecified atom stereocenters. The van der Waals surface area contributed by atoms with E-state index in [1.165, 1.54) is 4.31 Å². The van der Waals surface area contributed by atoms with Crippen LogP contribution in [0.25, 0.3) is 0 Å². The van der Waals surface area contributed by atoms with Gasteiger partial charge >= 0.3 is 0 Å². The number of rotatable bonds is 3. The largest absolute Gasteiger partial charge is 0.395 e. The zero-order valence-corrected chi connectivity index (χ0v) is 12.9. The smallest absolute Gasteiger partial charge is 0.243 e. The lowest BCUT2D eigenvalue weighted by molar-refractivity contribution is 0.222. The summed E-state index contributed by atoms with van der Waals surface area (Å²) in [6, 6.07) is 6.67. The van der Waals surface area contributed by atoms with Crippen LogP contribution in [0.2, 0.25) is 0 Å². The highest BCUT2D eigenvalue weighted by Gasteiger charge is 2.27. The molecule has 1 saturated heterocycles. The molecule has 5 nitrogen and oxygen atoms in total. The summed E-state index contributed by atoms with van der Waals surface area (Å²) in [5.41, 5.74) is 0.652. The van der Waals surface area contributed by atoms with Crippen molar-refractivity contribution in [3.8, 4) is 11.8 Å². The molecule has 0 amide bonds. The number of hydrogen-bond acceptors (Lipinski definition) is 4. The van der Waals surface area contributed by atoms with E-state index in [1.807, 2.05) is 7.05 Å². The molecule has 0 bridgehead atoms. The number of benzene rings is 1. The first-order valence-electron chi connectivity index (χ1n) is 6.92. The van der Waals surface area contributed by atoms with Gasteiger partial charge < -0.3 is 10.0 Å². The maximum absolute atomic E-state index is 12.6. The van der Waals surface area contributed by atoms with E-state index in [2.05, 4.69) is 16.7 Å². The van der Waals surface area contributed by atoms with Gasteiger partial charge in [0.1, 0.15) is 0 Å². The van der Waals surface area contributed by atoms with Crippen molar-refractivity contribution in [1.29, 1.82) is 0 Å². The lowest BCUT2D eigenvalue weighted by atomic mass is 10.2. The maximum atomic E-state index is 12.6. The lowest BCUT2D eigenvalue weighted by Crippen LogP contribution is -2.47. The van der Waals surface area contributed by atoms with Crippen molar-refractivity contribution in [2.24, 2.45) is 0 Å². The highest BCUT2D eigenvalue weighted by Crippen LogP contribution is 2.18. The Kier molecular flexibility index (Phi) is 5.37. The van der Waals surface area contributed by atoms with Gasteiger partial charge in [-0.2, -0.15) is 4.31 Å². The first-order chi connectivity index (χ1) is 10.0. The Morgan fingerprint density at radius 3 is 2.62 bits per heavy atom. The fourth-order valence-corrected chi connectivity index (χ4v) is 3.60. The molecule has 114 valence electrons. The predicted octanol–water partition coefficient (Wildman–Crippen LogP) is 0.357. The van der Waals surface area contributed by atoms with Crippen LogP contribution >= 0.6 is 0 Å². The van der Waals surface area contributed by atoms with Crippen molar-refractivity contribution in [2.45, 2.75) is 11.3 Å². The van der Waals surface area contributed by atoms with E-state index in [0.29, 0.717) is 25.1 Å². The summed E-state index contributed by atoms with van der Waals surface area (Å²) < 4.78 is 26.7. The molecule has 0 aliphatic carbocycles. The van der Waals surface area contributed by atoms with Gasteiger partial charge in [-0.05, 0) is 25.2 Å². The van der Waals surface area contributed by atoms with Crippen LogP contribution in [-0.4, -0.2) is 62.6 Å². The van der Waals surface area contributed by atoms with Crippen LogP contribution in [-0.2, 0) is 10.0 Å². The quantitative estimate of drug-likeness (QED) is 0.819. The van der Waals surface area contributed by atoms with E-state index in [9.17, 15) is 8.42 Å². The Labute approximate surface area is 126 Å². The number of likely N-dealkylation sites (N-methyl/N-ethyl adjacent to an activating group) is 1. The summed E-state index contributed by atoms with van der Waals surface area (Å²) in [7, 11) is -1.46. The minimum Gasteiger partial charge on any atom is -0.395 e. The van der Waals surface area contributed by atoms with Gasteiger partial charge in [-0.25, -0.2) is 8.42 Å². The van der Waals surface area contributed by atoms with Crippen LogP contribution in [0.1, 0.15) is 12.0 Å². The summed E-state index contributed by atoms with van der Waals surface area (Å²) in [6.07, 6.45) is 0.384. The van der Waals surface area contributed by atoms with Gasteiger partial charge in [-0.1, -0.05) is 17.9 Å². The number of nitrogens with zero attached hydrogens (tertiary/aromatic N) is 2. The highest BCUT2D eigenvalue weighted by atomic mass is 32.2. The van der Waals surface area contributed by atoms with Crippen molar-refractivity contribution in [1.82, 2.24) is 9.21 Å². The molecule has 2 rings (SSSR count). The number of piperazine rings is 1. The van der Waals surface area contributed by atoms with Crippen LogP contribution < -0.4 is 0 Å². The zero-order valence-electron chi connectivity index (χ0n) is 12.1. The van der Waals surface area contributed by atoms with Gasteiger partial charge in [0.25, 0.3) is 0 Å². The van der Waals surface area contributed by atoms with Gasteiger partial charge in [0.15, 0.2) is 0 Å². The van der Waals surface area contributed by atoms with E-state index in [-0.39, 0.29) is 11.5 Å². The van der Waals surface area contributed by atoms with E-state index < -0.39 is 10.0 Å². The number of aliphatic hydroxyl groups excluding tert-OH is 1. The molecular weight excluding hydrogens is 288 g/mol. The summed E-state index contributed by atoms with van der Waals surface area (Å²) in [4.78, 5) is 2.39. The van der Waals surface area contributed by atoms with Gasteiger partial charge in [0.05, 0.1) is 11.5 Å². The zero-order chi connectivity index (χ0) is 15.3. The fourth-order valence-electron chi connectivity index (χ4n) is 2.13. The van der Waals surface area contributed by atoms with Gasteiger partial charge in [-0.15, -0.1) is 0 Å². The average Bonchev–Trinajstić information content (AvgIpc) is 2.48. The summed E-state index contributed by atoms with van der Waals surface area (Å²) in [6.45, 7) is 2.52. The van der Waals surface area contributed by atoms with Gasteiger partial charge in [-0.3, -0.25) is 0 Å². The third kappa shape index (κ3) is 4.05. The molecule has 1 aliphatic rings. The maximum Gasteiger partial charge on any atom is 0.243 e. The molecule has 0 saturated carbocycles. The fraction of sp³-hybridized carbons (Fsp3) is 0.467. The Morgan fingerprint density at radius 2 is 1.95 bits per heavy atom. The summed E-state index contributed by atoms with van der Waals surface area (Å²) in [5, 5.41) is 8.71. The second-order valence-corrected chi connectivity index (χ2v) is 6.95. The Balaban J connectivity index is 2.21. The monoisotopic (exact) mass is 308 g/mol. The molecule has 6 heteroatoms. The topological polar surface area (TPSA) is 60.9 Å². The number of aliphatic hydroxyl groups is 1. The number of sulfonamides is 1. The highest BCUT2D eigenvalue weighted by molar-refractivity contribution is 7.89. The van der Waals surface area contributed by atoms with Crippen molar-refractivity contribution in [3.05, 3.63) is 29.8 Å². The SMILES string of the molecule is CN1CCN(S(=O)(=O)c2cccc(C#CCCO)c2)CC1. The molecule has 1 aromatic rings. The van der Waals surface area contributed by atoms with Gasteiger partial charge in [0, 0.05) is 38.2 Å². The molecule has 0 aromatic heterocycles. The molecular formula is C15H20N2O3S. The molecule has 0 atom stereocenters. The normalized spacial score (nSPS) is 17.2. The Hall–Kier alpha value is -1.39. The van der Waals surface area contributed by atoms with Gasteiger partial charge in [0.2, 0.25) is 10.0 Å². The van der Waals surface area contributed by atoms with Crippen LogP contribution in [0.4, 0.5) is 0 Å². The molecule has 0 radical (unpaired) electrons. The molecule has 0 spiro atoms.